The molecule has 0 N–H and O–H groups in total. The largest absolute Gasteiger partial charge is 0.393 e. The highest BCUT2D eigenvalue weighted by Gasteiger charge is 2.42. The highest BCUT2D eigenvalue weighted by Crippen LogP contribution is 2.33. The van der Waals surface area contributed by atoms with Gasteiger partial charge in [0.1, 0.15) is 0 Å². The van der Waals surface area contributed by atoms with Crippen LogP contribution in [0.5, 0.6) is 0 Å². The zero-order valence-corrected chi connectivity index (χ0v) is 15.8. The zero-order valence-electron chi connectivity index (χ0n) is 15.8. The summed E-state index contributed by atoms with van der Waals surface area (Å²) in [6.45, 7) is 2.77. The summed E-state index contributed by atoms with van der Waals surface area (Å²) in [7, 11) is 0. The number of hydrogen-bond donors (Lipinski definition) is 0. The number of likely N-dealkylation sites (tertiary alicyclic amines) is 1. The summed E-state index contributed by atoms with van der Waals surface area (Å²) in [5, 5.41) is 0. The van der Waals surface area contributed by atoms with E-state index >= 15 is 0 Å². The van der Waals surface area contributed by atoms with E-state index < -0.39 is 12.1 Å². The Morgan fingerprint density at radius 3 is 2.11 bits per heavy atom. The molecule has 2 heterocycles. The number of carbonyl (C=O) groups excluding carboxylic acids is 2. The van der Waals surface area contributed by atoms with E-state index in [1.165, 1.54) is 11.3 Å². The molecule has 154 valence electrons. The van der Waals surface area contributed by atoms with Crippen LogP contribution in [0.25, 0.3) is 0 Å². The van der Waals surface area contributed by atoms with Crippen LogP contribution in [0.1, 0.15) is 44.9 Å². The van der Waals surface area contributed by atoms with Crippen LogP contribution in [0.2, 0.25) is 0 Å². The molecule has 3 aliphatic rings. The van der Waals surface area contributed by atoms with Gasteiger partial charge in [0, 0.05) is 45.2 Å². The number of carbonyl (C=O) groups is 2. The van der Waals surface area contributed by atoms with Crippen LogP contribution < -0.4 is 0 Å². The second-order valence-electron chi connectivity index (χ2n) is 8.16. The molecule has 1 saturated carbocycles. The fraction of sp³-hybridized carbons (Fsp3) is 0.895. The number of rotatable bonds is 3. The molecule has 1 unspecified atom stereocenters. The third kappa shape index (κ3) is 5.36. The highest BCUT2D eigenvalue weighted by atomic mass is 19.4. The maximum atomic E-state index is 12.9. The third-order valence-corrected chi connectivity index (χ3v) is 6.23. The Hall–Kier alpha value is -1.31. The van der Waals surface area contributed by atoms with Crippen LogP contribution >= 0.6 is 0 Å². The van der Waals surface area contributed by atoms with Gasteiger partial charge in [-0.2, -0.15) is 13.2 Å². The van der Waals surface area contributed by atoms with Crippen molar-refractivity contribution in [2.24, 2.45) is 11.8 Å². The molecular weight excluding hydrogens is 359 g/mol. The van der Waals surface area contributed by atoms with Crippen molar-refractivity contribution in [2.45, 2.75) is 51.1 Å². The van der Waals surface area contributed by atoms with Crippen molar-refractivity contribution in [1.29, 1.82) is 0 Å². The van der Waals surface area contributed by atoms with E-state index in [9.17, 15) is 22.8 Å². The summed E-state index contributed by atoms with van der Waals surface area (Å²) < 4.78 is 38.8. The van der Waals surface area contributed by atoms with Crippen molar-refractivity contribution in [3.8, 4) is 0 Å². The summed E-state index contributed by atoms with van der Waals surface area (Å²) in [5.41, 5.74) is 0. The van der Waals surface area contributed by atoms with E-state index in [1.54, 1.807) is 0 Å². The first kappa shape index (κ1) is 20.4. The maximum absolute atomic E-state index is 12.9. The average molecular weight is 389 g/mol. The fourth-order valence-electron chi connectivity index (χ4n) is 4.50. The molecule has 8 heteroatoms. The number of alkyl halides is 3. The standard InChI is InChI=1S/C19H30F3N3O2/c20-19(21,22)16-7-4-8-25(13-16)17(26)14-23-9-11-24(12-10-23)18(27)15-5-2-1-3-6-15/h15-16H,1-14H2. The van der Waals surface area contributed by atoms with Crippen LogP contribution in [0.15, 0.2) is 0 Å². The second-order valence-corrected chi connectivity index (χ2v) is 8.16. The predicted octanol–water partition coefficient (Wildman–Crippen LogP) is 2.51. The van der Waals surface area contributed by atoms with Gasteiger partial charge in [-0.25, -0.2) is 0 Å². The van der Waals surface area contributed by atoms with Crippen molar-refractivity contribution >= 4 is 11.8 Å². The normalized spacial score (nSPS) is 26.3. The van der Waals surface area contributed by atoms with E-state index in [0.29, 0.717) is 39.1 Å². The Bertz CT molecular complexity index is 527. The molecule has 3 rings (SSSR count). The van der Waals surface area contributed by atoms with Gasteiger partial charge in [0.2, 0.25) is 11.8 Å². The van der Waals surface area contributed by atoms with Gasteiger partial charge in [-0.05, 0) is 25.7 Å². The summed E-state index contributed by atoms with van der Waals surface area (Å²) in [5.74, 6) is -1.24. The zero-order chi connectivity index (χ0) is 19.4. The number of hydrogen-bond acceptors (Lipinski definition) is 3. The molecule has 0 aromatic heterocycles. The van der Waals surface area contributed by atoms with E-state index in [4.69, 9.17) is 0 Å². The molecule has 1 aliphatic carbocycles. The van der Waals surface area contributed by atoms with Gasteiger partial charge < -0.3 is 9.80 Å². The number of nitrogens with zero attached hydrogens (tertiary/aromatic N) is 3. The molecule has 1 atom stereocenters. The summed E-state index contributed by atoms with van der Waals surface area (Å²) >= 11 is 0. The lowest BCUT2D eigenvalue weighted by Gasteiger charge is -2.38. The van der Waals surface area contributed by atoms with Crippen LogP contribution in [0.4, 0.5) is 13.2 Å². The van der Waals surface area contributed by atoms with Crippen molar-refractivity contribution in [3.05, 3.63) is 0 Å². The van der Waals surface area contributed by atoms with Gasteiger partial charge in [0.25, 0.3) is 0 Å². The van der Waals surface area contributed by atoms with Crippen LogP contribution in [0.3, 0.4) is 0 Å². The number of piperidine rings is 1. The molecule has 2 aliphatic heterocycles. The van der Waals surface area contributed by atoms with Gasteiger partial charge in [0.05, 0.1) is 12.5 Å². The number of halogens is 3. The van der Waals surface area contributed by atoms with Gasteiger partial charge >= 0.3 is 6.18 Å². The van der Waals surface area contributed by atoms with Crippen molar-refractivity contribution in [1.82, 2.24) is 14.7 Å². The molecule has 0 aromatic rings. The Kier molecular flexibility index (Phi) is 6.65. The average Bonchev–Trinajstić information content (AvgIpc) is 2.68. The molecule has 0 radical (unpaired) electrons. The van der Waals surface area contributed by atoms with E-state index in [2.05, 4.69) is 0 Å². The molecule has 0 spiro atoms. The van der Waals surface area contributed by atoms with Gasteiger partial charge in [-0.15, -0.1) is 0 Å². The fourth-order valence-corrected chi connectivity index (χ4v) is 4.50. The van der Waals surface area contributed by atoms with Crippen LogP contribution in [-0.4, -0.2) is 78.5 Å². The second kappa shape index (κ2) is 8.80. The first-order valence-electron chi connectivity index (χ1n) is 10.2. The molecule has 2 saturated heterocycles. The highest BCUT2D eigenvalue weighted by molar-refractivity contribution is 5.79. The number of amides is 2. The van der Waals surface area contributed by atoms with Crippen LogP contribution in [0, 0.1) is 11.8 Å². The van der Waals surface area contributed by atoms with Crippen molar-refractivity contribution < 1.29 is 22.8 Å². The van der Waals surface area contributed by atoms with Crippen LogP contribution in [-0.2, 0) is 9.59 Å². The summed E-state index contributed by atoms with van der Waals surface area (Å²) in [6, 6.07) is 0. The molecule has 27 heavy (non-hydrogen) atoms. The Labute approximate surface area is 158 Å². The molecule has 2 amide bonds. The van der Waals surface area contributed by atoms with Crippen molar-refractivity contribution in [3.63, 3.8) is 0 Å². The Morgan fingerprint density at radius 2 is 1.48 bits per heavy atom. The molecule has 5 nitrogen and oxygen atoms in total. The Balaban J connectivity index is 1.43. The topological polar surface area (TPSA) is 43.9 Å². The third-order valence-electron chi connectivity index (χ3n) is 6.23. The van der Waals surface area contributed by atoms with E-state index in [1.807, 2.05) is 9.80 Å². The van der Waals surface area contributed by atoms with E-state index in [0.717, 1.165) is 25.7 Å². The molecule has 3 fully saturated rings. The monoisotopic (exact) mass is 389 g/mol. The van der Waals surface area contributed by atoms with Gasteiger partial charge in [-0.3, -0.25) is 14.5 Å². The minimum atomic E-state index is -4.23. The van der Waals surface area contributed by atoms with Gasteiger partial charge in [-0.1, -0.05) is 19.3 Å². The molecule has 0 aromatic carbocycles. The summed E-state index contributed by atoms with van der Waals surface area (Å²) in [6.07, 6.45) is 1.70. The van der Waals surface area contributed by atoms with Gasteiger partial charge in [0.15, 0.2) is 0 Å². The molecular formula is C19H30F3N3O2. The first-order chi connectivity index (χ1) is 12.8. The van der Waals surface area contributed by atoms with E-state index in [-0.39, 0.29) is 37.2 Å². The maximum Gasteiger partial charge on any atom is 0.393 e. The SMILES string of the molecule is O=C(CN1CCN(C(=O)C2CCCCC2)CC1)N1CCCC(C(F)(F)F)C1. The molecule has 0 bridgehead atoms. The lowest BCUT2D eigenvalue weighted by Crippen LogP contribution is -2.54. The predicted molar refractivity (Wildman–Crippen MR) is 95.0 cm³/mol. The Morgan fingerprint density at radius 1 is 0.815 bits per heavy atom. The lowest BCUT2D eigenvalue weighted by atomic mass is 9.88. The quantitative estimate of drug-likeness (QED) is 0.745. The summed E-state index contributed by atoms with van der Waals surface area (Å²) in [4.78, 5) is 30.2. The first-order valence-corrected chi connectivity index (χ1v) is 10.2. The van der Waals surface area contributed by atoms with Crippen molar-refractivity contribution in [2.75, 3.05) is 45.8 Å². The smallest absolute Gasteiger partial charge is 0.341 e. The minimum Gasteiger partial charge on any atom is -0.341 e. The lowest BCUT2D eigenvalue weighted by molar-refractivity contribution is -0.188. The number of piperazine rings is 1. The minimum absolute atomic E-state index is 0.106.